The Labute approximate surface area is 120 Å². The van der Waals surface area contributed by atoms with Crippen LogP contribution in [-0.4, -0.2) is 23.1 Å². The van der Waals surface area contributed by atoms with Gasteiger partial charge in [-0.2, -0.15) is 0 Å². The van der Waals surface area contributed by atoms with Gasteiger partial charge in [-0.25, -0.2) is 9.18 Å². The summed E-state index contributed by atoms with van der Waals surface area (Å²) < 4.78 is 13.2. The number of anilines is 1. The molecule has 5 nitrogen and oxygen atoms in total. The minimum absolute atomic E-state index is 0.0299. The van der Waals surface area contributed by atoms with Crippen molar-refractivity contribution in [2.45, 2.75) is 25.3 Å². The molecule has 0 radical (unpaired) electrons. The smallest absolute Gasteiger partial charge is 0.319 e. The summed E-state index contributed by atoms with van der Waals surface area (Å²) in [7, 11) is 0. The Bertz CT molecular complexity index is 534. The fraction of sp³-hybridized carbons (Fsp3) is 0.385. The Hall–Kier alpha value is -1.82. The van der Waals surface area contributed by atoms with Crippen molar-refractivity contribution in [2.75, 3.05) is 5.32 Å². The first-order valence-electron chi connectivity index (χ1n) is 6.20. The Morgan fingerprint density at radius 1 is 1.45 bits per heavy atom. The highest BCUT2D eigenvalue weighted by Crippen LogP contribution is 2.34. The zero-order valence-corrected chi connectivity index (χ0v) is 11.3. The van der Waals surface area contributed by atoms with Crippen LogP contribution >= 0.6 is 11.6 Å². The summed E-state index contributed by atoms with van der Waals surface area (Å²) in [5, 5.41) is 13.8. The second-order valence-corrected chi connectivity index (χ2v) is 5.18. The van der Waals surface area contributed by atoms with Crippen molar-refractivity contribution in [3.05, 3.63) is 29.0 Å². The van der Waals surface area contributed by atoms with Gasteiger partial charge in [0.2, 0.25) is 0 Å². The molecule has 1 saturated carbocycles. The van der Waals surface area contributed by atoms with Crippen molar-refractivity contribution >= 4 is 29.3 Å². The summed E-state index contributed by atoms with van der Waals surface area (Å²) in [5.74, 6) is -1.38. The average molecular weight is 301 g/mol. The molecule has 1 aliphatic rings. The molecule has 0 bridgehead atoms. The van der Waals surface area contributed by atoms with Crippen LogP contribution in [0.1, 0.15) is 19.3 Å². The first-order chi connectivity index (χ1) is 9.45. The van der Waals surface area contributed by atoms with E-state index in [0.717, 1.165) is 18.9 Å². The van der Waals surface area contributed by atoms with Crippen LogP contribution in [0.5, 0.6) is 0 Å². The van der Waals surface area contributed by atoms with Gasteiger partial charge in [0.25, 0.3) is 0 Å². The zero-order valence-electron chi connectivity index (χ0n) is 10.5. The van der Waals surface area contributed by atoms with Crippen molar-refractivity contribution < 1.29 is 19.1 Å². The van der Waals surface area contributed by atoms with Crippen LogP contribution in [0, 0.1) is 11.7 Å². The number of carbonyl (C=O) groups is 2. The molecule has 1 unspecified atom stereocenters. The quantitative estimate of drug-likeness (QED) is 0.782. The number of urea groups is 1. The molecule has 1 atom stereocenters. The van der Waals surface area contributed by atoms with E-state index in [4.69, 9.17) is 16.7 Å². The molecule has 7 heteroatoms. The lowest BCUT2D eigenvalue weighted by molar-refractivity contribution is -0.137. The van der Waals surface area contributed by atoms with Crippen molar-refractivity contribution in [2.24, 2.45) is 5.92 Å². The number of carboxylic acid groups (broad SMARTS) is 1. The molecule has 108 valence electrons. The van der Waals surface area contributed by atoms with Gasteiger partial charge in [-0.1, -0.05) is 11.6 Å². The third-order valence-electron chi connectivity index (χ3n) is 3.08. The van der Waals surface area contributed by atoms with E-state index in [1.807, 2.05) is 0 Å². The van der Waals surface area contributed by atoms with Crippen LogP contribution in [0.4, 0.5) is 14.9 Å². The van der Waals surface area contributed by atoms with Gasteiger partial charge in [0, 0.05) is 11.7 Å². The van der Waals surface area contributed by atoms with Crippen LogP contribution in [-0.2, 0) is 4.79 Å². The highest BCUT2D eigenvalue weighted by Gasteiger charge is 2.33. The van der Waals surface area contributed by atoms with Crippen LogP contribution in [0.25, 0.3) is 0 Å². The molecule has 20 heavy (non-hydrogen) atoms. The summed E-state index contributed by atoms with van der Waals surface area (Å²) in [6, 6.07) is 2.95. The van der Waals surface area contributed by atoms with Gasteiger partial charge in [-0.15, -0.1) is 0 Å². The molecule has 0 spiro atoms. The van der Waals surface area contributed by atoms with Gasteiger partial charge in [0.15, 0.2) is 0 Å². The Morgan fingerprint density at radius 3 is 2.70 bits per heavy atom. The third kappa shape index (κ3) is 4.09. The Balaban J connectivity index is 1.93. The Kier molecular flexibility index (Phi) is 4.44. The molecular formula is C13H14ClFN2O3. The molecule has 3 N–H and O–H groups in total. The minimum atomic E-state index is -0.959. The maximum absolute atomic E-state index is 13.2. The second-order valence-electron chi connectivity index (χ2n) is 4.77. The van der Waals surface area contributed by atoms with E-state index >= 15 is 0 Å². The number of hydrogen-bond acceptors (Lipinski definition) is 2. The number of aliphatic carboxylic acids is 1. The maximum atomic E-state index is 13.2. The van der Waals surface area contributed by atoms with Gasteiger partial charge in [0.1, 0.15) is 5.82 Å². The fourth-order valence-corrected chi connectivity index (χ4v) is 2.05. The predicted octanol–water partition coefficient (Wildman–Crippen LogP) is 2.85. The highest BCUT2D eigenvalue weighted by molar-refractivity contribution is 6.30. The van der Waals surface area contributed by atoms with E-state index in [1.54, 1.807) is 0 Å². The van der Waals surface area contributed by atoms with Crippen molar-refractivity contribution in [1.82, 2.24) is 5.32 Å². The number of rotatable bonds is 5. The molecule has 1 aliphatic carbocycles. The van der Waals surface area contributed by atoms with Crippen LogP contribution in [0.3, 0.4) is 0 Å². The van der Waals surface area contributed by atoms with Crippen LogP contribution in [0.15, 0.2) is 18.2 Å². The van der Waals surface area contributed by atoms with Gasteiger partial charge < -0.3 is 15.7 Å². The number of halogens is 2. The van der Waals surface area contributed by atoms with Gasteiger partial charge in [-0.05, 0) is 37.0 Å². The summed E-state index contributed by atoms with van der Waals surface area (Å²) >= 11 is 5.54. The van der Waals surface area contributed by atoms with E-state index in [2.05, 4.69) is 10.6 Å². The summed E-state index contributed by atoms with van der Waals surface area (Å²) in [6.45, 7) is 0. The summed E-state index contributed by atoms with van der Waals surface area (Å²) in [5.41, 5.74) is 0.259. The molecule has 0 aliphatic heterocycles. The van der Waals surface area contributed by atoms with E-state index in [-0.39, 0.29) is 23.0 Å². The molecular weight excluding hydrogens is 287 g/mol. The number of carbonyl (C=O) groups excluding carboxylic acids is 1. The van der Waals surface area contributed by atoms with Gasteiger partial charge >= 0.3 is 12.0 Å². The highest BCUT2D eigenvalue weighted by atomic mass is 35.5. The molecule has 2 amide bonds. The summed E-state index contributed by atoms with van der Waals surface area (Å²) in [6.07, 6.45) is 1.70. The number of hydrogen-bond donors (Lipinski definition) is 3. The lowest BCUT2D eigenvalue weighted by Gasteiger charge is -2.16. The zero-order chi connectivity index (χ0) is 14.7. The topological polar surface area (TPSA) is 78.4 Å². The molecule has 1 aromatic rings. The monoisotopic (exact) mass is 300 g/mol. The predicted molar refractivity (Wildman–Crippen MR) is 72.3 cm³/mol. The van der Waals surface area contributed by atoms with Gasteiger partial charge in [-0.3, -0.25) is 4.79 Å². The lowest BCUT2D eigenvalue weighted by atomic mass is 10.1. The third-order valence-corrected chi connectivity index (χ3v) is 3.39. The number of carboxylic acids is 1. The number of amides is 2. The normalized spacial score (nSPS) is 15.5. The first-order valence-corrected chi connectivity index (χ1v) is 6.58. The Morgan fingerprint density at radius 2 is 2.15 bits per heavy atom. The van der Waals surface area contributed by atoms with E-state index < -0.39 is 23.9 Å². The van der Waals surface area contributed by atoms with E-state index in [9.17, 15) is 14.0 Å². The largest absolute Gasteiger partial charge is 0.481 e. The fourth-order valence-electron chi connectivity index (χ4n) is 1.93. The average Bonchev–Trinajstić information content (AvgIpc) is 3.16. The molecule has 0 heterocycles. The van der Waals surface area contributed by atoms with Crippen LogP contribution < -0.4 is 10.6 Å². The number of benzene rings is 1. The maximum Gasteiger partial charge on any atom is 0.319 e. The summed E-state index contributed by atoms with van der Waals surface area (Å²) in [4.78, 5) is 22.5. The van der Waals surface area contributed by atoms with Crippen LogP contribution in [0.2, 0.25) is 5.02 Å². The molecule has 1 aromatic carbocycles. The standard InChI is InChI=1S/C13H14ClFN2O3/c14-9-4-3-8(5-10(9)15)16-13(20)17-11(6-12(18)19)7-1-2-7/h3-5,7,11H,1-2,6H2,(H,18,19)(H2,16,17,20). The number of nitrogens with one attached hydrogen (secondary N) is 2. The molecule has 0 saturated heterocycles. The second kappa shape index (κ2) is 6.09. The van der Waals surface area contributed by atoms with E-state index in [1.165, 1.54) is 12.1 Å². The van der Waals surface area contributed by atoms with E-state index in [0.29, 0.717) is 0 Å². The van der Waals surface area contributed by atoms with Crippen molar-refractivity contribution in [3.63, 3.8) is 0 Å². The first kappa shape index (κ1) is 14.6. The SMILES string of the molecule is O=C(O)CC(NC(=O)Nc1ccc(Cl)c(F)c1)C1CC1. The minimum Gasteiger partial charge on any atom is -0.481 e. The molecule has 0 aromatic heterocycles. The van der Waals surface area contributed by atoms with Crippen molar-refractivity contribution in [1.29, 1.82) is 0 Å². The molecule has 2 rings (SSSR count). The lowest BCUT2D eigenvalue weighted by Crippen LogP contribution is -2.40. The van der Waals surface area contributed by atoms with Crippen molar-refractivity contribution in [3.8, 4) is 0 Å². The molecule has 1 fully saturated rings. The van der Waals surface area contributed by atoms with Gasteiger partial charge in [0.05, 0.1) is 11.4 Å².